The van der Waals surface area contributed by atoms with Crippen LogP contribution in [0.1, 0.15) is 37.7 Å². The standard InChI is InChI=1S/C25H33N5O2/c31-24-22-12-17-30(25(32)28-21-8-4-3-5-9-21)19-23(22)29(16-7-2-1-6-13-27-24)18-20-10-14-26-15-11-20/h3-5,8-11,14-15,22-23H,1-2,6-7,12-13,16-19H2,(H,27,31)(H,28,32). The number of para-hydroxylation sites is 1. The highest BCUT2D eigenvalue weighted by atomic mass is 16.2. The zero-order valence-corrected chi connectivity index (χ0v) is 18.6. The predicted molar refractivity (Wildman–Crippen MR) is 125 cm³/mol. The highest BCUT2D eigenvalue weighted by Crippen LogP contribution is 2.26. The van der Waals surface area contributed by atoms with Gasteiger partial charge >= 0.3 is 6.03 Å². The Balaban J connectivity index is 1.54. The van der Waals surface area contributed by atoms with Crippen molar-refractivity contribution in [2.75, 3.05) is 31.5 Å². The molecule has 4 rings (SSSR count). The average Bonchev–Trinajstić information content (AvgIpc) is 2.86. The number of fused-ring (bicyclic) bond motifs is 1. The number of benzene rings is 1. The van der Waals surface area contributed by atoms with Gasteiger partial charge in [-0.2, -0.15) is 0 Å². The van der Waals surface area contributed by atoms with Crippen LogP contribution in [0, 0.1) is 5.92 Å². The van der Waals surface area contributed by atoms with E-state index in [4.69, 9.17) is 0 Å². The Bertz CT molecular complexity index is 876. The molecule has 170 valence electrons. The maximum atomic E-state index is 13.1. The summed E-state index contributed by atoms with van der Waals surface area (Å²) in [5, 5.41) is 6.16. The Morgan fingerprint density at radius 2 is 1.81 bits per heavy atom. The first-order valence-electron chi connectivity index (χ1n) is 11.7. The molecule has 0 spiro atoms. The number of anilines is 1. The third-order valence-electron chi connectivity index (χ3n) is 6.51. The Kier molecular flexibility index (Phi) is 7.72. The number of carbonyl (C=O) groups is 2. The molecule has 3 heterocycles. The first-order valence-corrected chi connectivity index (χ1v) is 11.7. The van der Waals surface area contributed by atoms with Gasteiger partial charge in [-0.05, 0) is 55.6 Å². The van der Waals surface area contributed by atoms with Crippen LogP contribution in [0.2, 0.25) is 0 Å². The van der Waals surface area contributed by atoms with Gasteiger partial charge in [-0.3, -0.25) is 14.7 Å². The summed E-state index contributed by atoms with van der Waals surface area (Å²) in [6, 6.07) is 13.5. The van der Waals surface area contributed by atoms with Crippen molar-refractivity contribution in [3.05, 3.63) is 60.4 Å². The van der Waals surface area contributed by atoms with E-state index >= 15 is 0 Å². The van der Waals surface area contributed by atoms with Crippen LogP contribution < -0.4 is 10.6 Å². The molecule has 0 bridgehead atoms. The largest absolute Gasteiger partial charge is 0.356 e. The molecule has 2 aromatic rings. The lowest BCUT2D eigenvalue weighted by atomic mass is 9.89. The van der Waals surface area contributed by atoms with Crippen LogP contribution in [0.3, 0.4) is 0 Å². The van der Waals surface area contributed by atoms with Crippen LogP contribution in [-0.4, -0.2) is 58.9 Å². The Labute approximate surface area is 190 Å². The number of hydrogen-bond acceptors (Lipinski definition) is 4. The van der Waals surface area contributed by atoms with E-state index in [2.05, 4.69) is 20.5 Å². The second kappa shape index (κ2) is 11.1. The fraction of sp³-hybridized carbons (Fsp3) is 0.480. The lowest BCUT2D eigenvalue weighted by Gasteiger charge is -2.43. The molecule has 7 heteroatoms. The van der Waals surface area contributed by atoms with Gasteiger partial charge in [-0.1, -0.05) is 31.0 Å². The molecule has 32 heavy (non-hydrogen) atoms. The molecule has 0 radical (unpaired) electrons. The lowest BCUT2D eigenvalue weighted by molar-refractivity contribution is -0.129. The summed E-state index contributed by atoms with van der Waals surface area (Å²) in [6.07, 6.45) is 8.70. The van der Waals surface area contributed by atoms with Crippen molar-refractivity contribution >= 4 is 17.6 Å². The predicted octanol–water partition coefficient (Wildman–Crippen LogP) is 3.50. The van der Waals surface area contributed by atoms with Crippen LogP contribution in [0.4, 0.5) is 10.5 Å². The normalized spacial score (nSPS) is 22.9. The van der Waals surface area contributed by atoms with Gasteiger partial charge in [0.25, 0.3) is 0 Å². The summed E-state index contributed by atoms with van der Waals surface area (Å²) in [4.78, 5) is 34.5. The summed E-state index contributed by atoms with van der Waals surface area (Å²) in [5.74, 6) is 0.00968. The number of nitrogens with one attached hydrogen (secondary N) is 2. The topological polar surface area (TPSA) is 77.6 Å². The number of aromatic nitrogens is 1. The summed E-state index contributed by atoms with van der Waals surface area (Å²) in [7, 11) is 0. The van der Waals surface area contributed by atoms with E-state index in [0.29, 0.717) is 19.5 Å². The lowest BCUT2D eigenvalue weighted by Crippen LogP contribution is -2.58. The Morgan fingerprint density at radius 1 is 1.03 bits per heavy atom. The quantitative estimate of drug-likeness (QED) is 0.774. The number of piperidine rings is 1. The summed E-state index contributed by atoms with van der Waals surface area (Å²) in [5.41, 5.74) is 1.97. The molecular weight excluding hydrogens is 402 g/mol. The first kappa shape index (κ1) is 22.3. The monoisotopic (exact) mass is 435 g/mol. The number of hydrogen-bond donors (Lipinski definition) is 2. The van der Waals surface area contributed by atoms with Gasteiger partial charge in [0.1, 0.15) is 0 Å². The van der Waals surface area contributed by atoms with Gasteiger partial charge in [0, 0.05) is 50.3 Å². The van der Waals surface area contributed by atoms with Gasteiger partial charge < -0.3 is 15.5 Å². The second-order valence-electron chi connectivity index (χ2n) is 8.74. The van der Waals surface area contributed by atoms with Crippen molar-refractivity contribution in [1.82, 2.24) is 20.1 Å². The molecule has 2 fully saturated rings. The summed E-state index contributed by atoms with van der Waals surface area (Å²) >= 11 is 0. The zero-order chi connectivity index (χ0) is 22.2. The van der Waals surface area contributed by atoms with Crippen molar-refractivity contribution in [2.24, 2.45) is 5.92 Å². The van der Waals surface area contributed by atoms with E-state index < -0.39 is 0 Å². The minimum absolute atomic E-state index is 0.0171. The molecule has 0 saturated carbocycles. The van der Waals surface area contributed by atoms with Crippen molar-refractivity contribution in [1.29, 1.82) is 0 Å². The summed E-state index contributed by atoms with van der Waals surface area (Å²) in [6.45, 7) is 3.54. The molecule has 1 aromatic carbocycles. The van der Waals surface area contributed by atoms with Crippen molar-refractivity contribution in [2.45, 2.75) is 44.7 Å². The Morgan fingerprint density at radius 3 is 2.62 bits per heavy atom. The van der Waals surface area contributed by atoms with Gasteiger partial charge in [-0.25, -0.2) is 4.79 Å². The van der Waals surface area contributed by atoms with Gasteiger partial charge in [-0.15, -0.1) is 0 Å². The molecule has 2 saturated heterocycles. The number of carbonyl (C=O) groups excluding carboxylic acids is 2. The van der Waals surface area contributed by atoms with E-state index in [1.165, 1.54) is 5.56 Å². The highest BCUT2D eigenvalue weighted by Gasteiger charge is 2.39. The molecule has 2 atom stereocenters. The second-order valence-corrected chi connectivity index (χ2v) is 8.74. The first-order chi connectivity index (χ1) is 15.7. The fourth-order valence-electron chi connectivity index (χ4n) is 4.74. The van der Waals surface area contributed by atoms with Gasteiger partial charge in [0.15, 0.2) is 0 Å². The molecule has 2 aliphatic heterocycles. The SMILES string of the molecule is O=C1NCCCCCCN(Cc2ccncc2)C2CN(C(=O)Nc3ccccc3)CCC12. The van der Waals surface area contributed by atoms with Crippen LogP contribution in [-0.2, 0) is 11.3 Å². The average molecular weight is 436 g/mol. The minimum atomic E-state index is -0.115. The molecular formula is C25H33N5O2. The number of pyridine rings is 1. The van der Waals surface area contributed by atoms with E-state index in [0.717, 1.165) is 51.0 Å². The van der Waals surface area contributed by atoms with Crippen LogP contribution >= 0.6 is 0 Å². The van der Waals surface area contributed by atoms with E-state index in [1.54, 1.807) is 0 Å². The number of urea groups is 1. The molecule has 2 aliphatic rings. The van der Waals surface area contributed by atoms with Crippen molar-refractivity contribution in [3.8, 4) is 0 Å². The van der Waals surface area contributed by atoms with Crippen LogP contribution in [0.15, 0.2) is 54.9 Å². The number of likely N-dealkylation sites (tertiary alicyclic amines) is 1. The summed E-state index contributed by atoms with van der Waals surface area (Å²) < 4.78 is 0. The molecule has 7 nitrogen and oxygen atoms in total. The maximum absolute atomic E-state index is 13.1. The van der Waals surface area contributed by atoms with Crippen molar-refractivity contribution < 1.29 is 9.59 Å². The number of rotatable bonds is 3. The van der Waals surface area contributed by atoms with Crippen LogP contribution in [0.5, 0.6) is 0 Å². The molecule has 2 N–H and O–H groups in total. The molecule has 2 unspecified atom stereocenters. The van der Waals surface area contributed by atoms with Crippen LogP contribution in [0.25, 0.3) is 0 Å². The number of amides is 3. The zero-order valence-electron chi connectivity index (χ0n) is 18.6. The van der Waals surface area contributed by atoms with Gasteiger partial charge in [0.05, 0.1) is 5.92 Å². The highest BCUT2D eigenvalue weighted by molar-refractivity contribution is 5.89. The van der Waals surface area contributed by atoms with E-state index in [-0.39, 0.29) is 23.9 Å². The fourth-order valence-corrected chi connectivity index (χ4v) is 4.74. The number of nitrogens with zero attached hydrogens (tertiary/aromatic N) is 3. The van der Waals surface area contributed by atoms with Gasteiger partial charge in [0.2, 0.25) is 5.91 Å². The van der Waals surface area contributed by atoms with Crippen molar-refractivity contribution in [3.63, 3.8) is 0 Å². The third-order valence-corrected chi connectivity index (χ3v) is 6.51. The maximum Gasteiger partial charge on any atom is 0.321 e. The molecule has 1 aromatic heterocycles. The third kappa shape index (κ3) is 5.85. The Hall–Kier alpha value is -2.93. The minimum Gasteiger partial charge on any atom is -0.356 e. The van der Waals surface area contributed by atoms with E-state index in [9.17, 15) is 9.59 Å². The smallest absolute Gasteiger partial charge is 0.321 e. The van der Waals surface area contributed by atoms with E-state index in [1.807, 2.05) is 59.8 Å². The molecule has 0 aliphatic carbocycles. The molecule has 3 amide bonds.